The van der Waals surface area contributed by atoms with E-state index in [1.165, 1.54) is 6.20 Å². The van der Waals surface area contributed by atoms with Crippen molar-refractivity contribution in [2.24, 2.45) is 5.41 Å². The van der Waals surface area contributed by atoms with E-state index in [1.54, 1.807) is 30.3 Å². The molecule has 1 aromatic carbocycles. The van der Waals surface area contributed by atoms with Gasteiger partial charge in [-0.3, -0.25) is 9.78 Å². The Hall–Kier alpha value is -3.27. The van der Waals surface area contributed by atoms with Crippen LogP contribution in [0.2, 0.25) is 5.02 Å². The number of rotatable bonds is 9. The van der Waals surface area contributed by atoms with Gasteiger partial charge in [0.15, 0.2) is 5.82 Å². The number of H-pyrrole nitrogens is 1. The average Bonchev–Trinajstić information content (AvgIpc) is 3.39. The van der Waals surface area contributed by atoms with Crippen molar-refractivity contribution in [3.8, 4) is 28.7 Å². The number of carbonyl (C=O) groups is 1. The van der Waals surface area contributed by atoms with Crippen LogP contribution >= 0.6 is 11.6 Å². The summed E-state index contributed by atoms with van der Waals surface area (Å²) in [7, 11) is 0. The monoisotopic (exact) mass is 534 g/mol. The number of aromatic amines is 1. The average molecular weight is 535 g/mol. The summed E-state index contributed by atoms with van der Waals surface area (Å²) in [5.41, 5.74) is -1.45. The fourth-order valence-corrected chi connectivity index (χ4v) is 4.76. The van der Waals surface area contributed by atoms with Crippen LogP contribution in [0.15, 0.2) is 41.3 Å². The van der Waals surface area contributed by atoms with Crippen molar-refractivity contribution in [3.05, 3.63) is 57.6 Å². The van der Waals surface area contributed by atoms with Gasteiger partial charge >= 0.3 is 11.9 Å². The Labute approximate surface area is 216 Å². The Balaban J connectivity index is 1.57. The number of nitrogens with zero attached hydrogens (tertiary/aromatic N) is 3. The van der Waals surface area contributed by atoms with Crippen LogP contribution in [0.1, 0.15) is 51.0 Å². The molecule has 0 bridgehead atoms. The van der Waals surface area contributed by atoms with E-state index in [0.717, 1.165) is 6.42 Å². The highest BCUT2D eigenvalue weighted by Crippen LogP contribution is 2.51. The number of ketones is 1. The quantitative estimate of drug-likeness (QED) is 0.364. The second-order valence-electron chi connectivity index (χ2n) is 9.08. The summed E-state index contributed by atoms with van der Waals surface area (Å²) in [4.78, 5) is 40.1. The summed E-state index contributed by atoms with van der Waals surface area (Å²) >= 11 is 6.37. The number of aryl methyl sites for hydroxylation is 1. The van der Waals surface area contributed by atoms with Crippen molar-refractivity contribution in [2.75, 3.05) is 6.61 Å². The lowest BCUT2D eigenvalue weighted by molar-refractivity contribution is -0.218. The Bertz CT molecular complexity index is 1320. The number of alkyl halides is 3. The molecule has 3 aromatic rings. The summed E-state index contributed by atoms with van der Waals surface area (Å²) in [5.74, 6) is -0.0863. The number of pyridine rings is 1. The summed E-state index contributed by atoms with van der Waals surface area (Å²) < 4.78 is 46.6. The number of carbonyl (C=O) groups excluding carboxylic acids is 1. The SMILES string of the molecule is CCCOc1ccc(-c2nc(-c3cc(CCC(=O)C4(C(F)(F)F)CCCC4)ccc3Cl)[nH]c(=O)n2)cn1. The standard InChI is InChI=1S/C26H26ClF3N4O3/c1-2-13-37-21-10-7-17(15-31-21)22-32-23(34-24(36)33-22)18-14-16(5-8-19(18)27)6-9-20(35)25(26(28,29)30)11-3-4-12-25/h5,7-8,10,14-15H,2-4,6,9,11-13H2,1H3,(H,32,33,34,36). The van der Waals surface area contributed by atoms with Gasteiger partial charge < -0.3 is 4.74 Å². The molecule has 37 heavy (non-hydrogen) atoms. The first-order valence-electron chi connectivity index (χ1n) is 12.1. The van der Waals surface area contributed by atoms with Gasteiger partial charge in [0, 0.05) is 29.8 Å². The number of aromatic nitrogens is 4. The minimum absolute atomic E-state index is 0.103. The molecular formula is C26H26ClF3N4O3. The predicted molar refractivity (Wildman–Crippen MR) is 132 cm³/mol. The maximum absolute atomic E-state index is 13.7. The highest BCUT2D eigenvalue weighted by Gasteiger charge is 2.59. The number of halogens is 4. The summed E-state index contributed by atoms with van der Waals surface area (Å²) in [6.45, 7) is 2.50. The second kappa shape index (κ2) is 11.0. The first-order chi connectivity index (χ1) is 17.6. The van der Waals surface area contributed by atoms with Crippen molar-refractivity contribution >= 4 is 17.4 Å². The Morgan fingerprint density at radius 3 is 2.57 bits per heavy atom. The molecule has 0 aliphatic heterocycles. The molecule has 1 aliphatic rings. The van der Waals surface area contributed by atoms with Crippen molar-refractivity contribution in [2.45, 2.75) is 58.0 Å². The molecule has 2 heterocycles. The van der Waals surface area contributed by atoms with E-state index < -0.39 is 23.1 Å². The maximum Gasteiger partial charge on any atom is 0.401 e. The second-order valence-corrected chi connectivity index (χ2v) is 9.49. The first kappa shape index (κ1) is 26.8. The van der Waals surface area contributed by atoms with Gasteiger partial charge in [0.2, 0.25) is 5.88 Å². The van der Waals surface area contributed by atoms with Gasteiger partial charge in [0.05, 0.1) is 11.6 Å². The number of hydrogen-bond acceptors (Lipinski definition) is 6. The zero-order valence-electron chi connectivity index (χ0n) is 20.2. The van der Waals surface area contributed by atoms with E-state index in [2.05, 4.69) is 19.9 Å². The number of hydrogen-bond donors (Lipinski definition) is 1. The molecule has 196 valence electrons. The van der Waals surface area contributed by atoms with Gasteiger partial charge in [-0.2, -0.15) is 18.2 Å². The highest BCUT2D eigenvalue weighted by molar-refractivity contribution is 6.33. The fraction of sp³-hybridized carbons (Fsp3) is 0.423. The zero-order valence-corrected chi connectivity index (χ0v) is 21.0. The molecule has 1 aliphatic carbocycles. The lowest BCUT2D eigenvalue weighted by Gasteiger charge is -2.30. The number of Topliss-reactive ketones (excluding diaryl/α,β-unsaturated/α-hetero) is 1. The van der Waals surface area contributed by atoms with Crippen LogP contribution in [0.4, 0.5) is 13.2 Å². The van der Waals surface area contributed by atoms with Crippen molar-refractivity contribution in [1.82, 2.24) is 19.9 Å². The van der Waals surface area contributed by atoms with Crippen LogP contribution in [0.3, 0.4) is 0 Å². The lowest BCUT2D eigenvalue weighted by atomic mass is 9.78. The van der Waals surface area contributed by atoms with Gasteiger partial charge in [-0.1, -0.05) is 37.4 Å². The fourth-order valence-electron chi connectivity index (χ4n) is 4.55. The largest absolute Gasteiger partial charge is 0.478 e. The highest BCUT2D eigenvalue weighted by atomic mass is 35.5. The molecule has 4 rings (SSSR count). The molecule has 0 atom stereocenters. The summed E-state index contributed by atoms with van der Waals surface area (Å²) in [5, 5.41) is 0.277. The molecule has 0 radical (unpaired) electrons. The first-order valence-corrected chi connectivity index (χ1v) is 12.5. The van der Waals surface area contributed by atoms with Crippen LogP contribution in [-0.4, -0.2) is 38.5 Å². The molecule has 0 amide bonds. The molecule has 1 saturated carbocycles. The van der Waals surface area contributed by atoms with Crippen molar-refractivity contribution in [1.29, 1.82) is 0 Å². The van der Waals surface area contributed by atoms with E-state index >= 15 is 0 Å². The number of benzene rings is 1. The molecule has 11 heteroatoms. The van der Waals surface area contributed by atoms with Gasteiger partial charge in [-0.05, 0) is 49.4 Å². The van der Waals surface area contributed by atoms with Crippen molar-refractivity contribution < 1.29 is 22.7 Å². The normalized spacial score (nSPS) is 15.1. The van der Waals surface area contributed by atoms with Gasteiger partial charge in [-0.25, -0.2) is 14.8 Å². The molecular weight excluding hydrogens is 509 g/mol. The third-order valence-electron chi connectivity index (χ3n) is 6.56. The predicted octanol–water partition coefficient (Wildman–Crippen LogP) is 5.96. The van der Waals surface area contributed by atoms with Crippen LogP contribution in [0.5, 0.6) is 5.88 Å². The Morgan fingerprint density at radius 2 is 1.92 bits per heavy atom. The minimum Gasteiger partial charge on any atom is -0.478 e. The van der Waals surface area contributed by atoms with E-state index in [0.29, 0.717) is 42.0 Å². The van der Waals surface area contributed by atoms with E-state index in [4.69, 9.17) is 16.3 Å². The van der Waals surface area contributed by atoms with Gasteiger partial charge in [0.1, 0.15) is 17.0 Å². The molecule has 0 spiro atoms. The van der Waals surface area contributed by atoms with E-state index in [9.17, 15) is 22.8 Å². The van der Waals surface area contributed by atoms with Crippen LogP contribution in [0.25, 0.3) is 22.8 Å². The van der Waals surface area contributed by atoms with Crippen molar-refractivity contribution in [3.63, 3.8) is 0 Å². The topological polar surface area (TPSA) is 97.8 Å². The molecule has 0 saturated heterocycles. The Morgan fingerprint density at radius 1 is 1.16 bits per heavy atom. The third kappa shape index (κ3) is 5.84. The van der Waals surface area contributed by atoms with Crippen LogP contribution in [-0.2, 0) is 11.2 Å². The molecule has 7 nitrogen and oxygen atoms in total. The smallest absolute Gasteiger partial charge is 0.401 e. The van der Waals surface area contributed by atoms with E-state index in [1.807, 2.05) is 6.92 Å². The lowest BCUT2D eigenvalue weighted by Crippen LogP contribution is -2.42. The zero-order chi connectivity index (χ0) is 26.6. The number of ether oxygens (including phenoxy) is 1. The molecule has 1 N–H and O–H groups in total. The minimum atomic E-state index is -4.56. The Kier molecular flexibility index (Phi) is 7.96. The summed E-state index contributed by atoms with van der Waals surface area (Å²) in [6.07, 6.45) is -1.91. The summed E-state index contributed by atoms with van der Waals surface area (Å²) in [6, 6.07) is 8.16. The molecule has 2 aromatic heterocycles. The van der Waals surface area contributed by atoms with Crippen LogP contribution in [0, 0.1) is 5.41 Å². The third-order valence-corrected chi connectivity index (χ3v) is 6.89. The molecule has 1 fully saturated rings. The maximum atomic E-state index is 13.7. The van der Waals surface area contributed by atoms with Gasteiger partial charge in [0.25, 0.3) is 0 Å². The van der Waals surface area contributed by atoms with Gasteiger partial charge in [-0.15, -0.1) is 0 Å². The van der Waals surface area contributed by atoms with E-state index in [-0.39, 0.29) is 42.4 Å². The molecule has 0 unspecified atom stereocenters. The van der Waals surface area contributed by atoms with Crippen LogP contribution < -0.4 is 10.4 Å². The number of nitrogens with one attached hydrogen (secondary N) is 1.